The average Bonchev–Trinajstić information content (AvgIpc) is 3.62. The largest absolute Gasteiger partial charge is 0.497 e. The van der Waals surface area contributed by atoms with Crippen LogP contribution in [0.25, 0.3) is 0 Å². The van der Waals surface area contributed by atoms with Crippen LogP contribution in [-0.4, -0.2) is 42.2 Å². The minimum atomic E-state index is -1.60. The van der Waals surface area contributed by atoms with Crippen molar-refractivity contribution in [3.05, 3.63) is 89.2 Å². The smallest absolute Gasteiger partial charge is 0.251 e. The van der Waals surface area contributed by atoms with Crippen molar-refractivity contribution in [1.82, 2.24) is 4.90 Å². The second kappa shape index (κ2) is 7.49. The summed E-state index contributed by atoms with van der Waals surface area (Å²) in [4.78, 5) is 45.1. The van der Waals surface area contributed by atoms with Crippen LogP contribution in [0.15, 0.2) is 66.7 Å². The van der Waals surface area contributed by atoms with E-state index >= 15 is 0 Å². The first-order valence-corrected chi connectivity index (χ1v) is 12.4. The van der Waals surface area contributed by atoms with Crippen molar-refractivity contribution < 1.29 is 23.5 Å². The molecule has 0 aromatic heterocycles. The molecule has 0 radical (unpaired) electrons. The van der Waals surface area contributed by atoms with E-state index in [4.69, 9.17) is 4.74 Å². The third kappa shape index (κ3) is 2.51. The van der Waals surface area contributed by atoms with Gasteiger partial charge in [-0.1, -0.05) is 30.3 Å². The number of halogens is 1. The van der Waals surface area contributed by atoms with Crippen LogP contribution < -0.4 is 15.4 Å². The van der Waals surface area contributed by atoms with Gasteiger partial charge in [-0.2, -0.15) is 0 Å². The third-order valence-corrected chi connectivity index (χ3v) is 8.70. The Hall–Kier alpha value is -4.04. The fraction of sp³-hybridized carbons (Fsp3) is 0.276. The van der Waals surface area contributed by atoms with Gasteiger partial charge in [0.2, 0.25) is 5.91 Å². The van der Waals surface area contributed by atoms with Gasteiger partial charge in [0.1, 0.15) is 22.5 Å². The lowest BCUT2D eigenvalue weighted by molar-refractivity contribution is -0.137. The van der Waals surface area contributed by atoms with Gasteiger partial charge in [-0.25, -0.2) is 4.39 Å². The normalized spacial score (nSPS) is 29.2. The van der Waals surface area contributed by atoms with E-state index in [1.54, 1.807) is 30.3 Å². The van der Waals surface area contributed by atoms with Gasteiger partial charge in [0.15, 0.2) is 5.78 Å². The number of para-hydroxylation sites is 1. The Labute approximate surface area is 212 Å². The van der Waals surface area contributed by atoms with E-state index < -0.39 is 40.5 Å². The molecule has 2 spiro atoms. The van der Waals surface area contributed by atoms with Crippen molar-refractivity contribution in [3.63, 3.8) is 0 Å². The maximum atomic E-state index is 14.8. The predicted molar refractivity (Wildman–Crippen MR) is 134 cm³/mol. The van der Waals surface area contributed by atoms with Crippen molar-refractivity contribution in [3.8, 4) is 5.75 Å². The molecule has 4 atom stereocenters. The summed E-state index contributed by atoms with van der Waals surface area (Å²) >= 11 is 0. The molecule has 4 aliphatic heterocycles. The summed E-state index contributed by atoms with van der Waals surface area (Å²) in [5.41, 5.74) is -0.764. The number of Topliss-reactive ketones (excluding diaryl/α,β-unsaturated/α-hetero) is 1. The molecule has 8 heteroatoms. The van der Waals surface area contributed by atoms with Gasteiger partial charge in [0.25, 0.3) is 5.91 Å². The topological polar surface area (TPSA) is 87.7 Å². The molecule has 3 aromatic carbocycles. The number of rotatable bonds is 3. The number of nitrogens with zero attached hydrogens (tertiary/aromatic N) is 1. The van der Waals surface area contributed by atoms with Crippen LogP contribution >= 0.6 is 0 Å². The Bertz CT molecular complexity index is 1520. The summed E-state index contributed by atoms with van der Waals surface area (Å²) in [5.74, 6) is -1.93. The van der Waals surface area contributed by atoms with E-state index in [1.807, 2.05) is 23.1 Å². The fourth-order valence-electron chi connectivity index (χ4n) is 7.51. The molecule has 37 heavy (non-hydrogen) atoms. The third-order valence-electron chi connectivity index (χ3n) is 8.70. The number of ketones is 1. The van der Waals surface area contributed by atoms with E-state index in [-0.39, 0.29) is 5.78 Å². The molecule has 4 heterocycles. The number of fused-ring (bicyclic) bond motifs is 7. The minimum Gasteiger partial charge on any atom is -0.497 e. The van der Waals surface area contributed by atoms with Crippen LogP contribution in [0.3, 0.4) is 0 Å². The number of amides is 2. The van der Waals surface area contributed by atoms with Gasteiger partial charge in [0.05, 0.1) is 13.0 Å². The Morgan fingerprint density at radius 2 is 1.76 bits per heavy atom. The Kier molecular flexibility index (Phi) is 4.49. The molecule has 0 bridgehead atoms. The van der Waals surface area contributed by atoms with E-state index in [0.717, 1.165) is 6.42 Å². The maximum Gasteiger partial charge on any atom is 0.251 e. The lowest BCUT2D eigenvalue weighted by atomic mass is 9.57. The van der Waals surface area contributed by atoms with E-state index in [0.29, 0.717) is 46.8 Å². The van der Waals surface area contributed by atoms with E-state index in [9.17, 15) is 18.8 Å². The first kappa shape index (κ1) is 22.2. The molecule has 2 saturated heterocycles. The number of anilines is 2. The van der Waals surface area contributed by atoms with Crippen LogP contribution in [0.5, 0.6) is 5.75 Å². The summed E-state index contributed by atoms with van der Waals surface area (Å²) in [7, 11) is 1.53. The standard InChI is InChI=1S/C29H24FN3O4/c1-37-18-7-4-6-16(14-18)25(34)24-23-10-5-13-33(23)29(20-15-17(30)11-12-22(20)32-27(29)36)28(24)19-8-2-3-9-21(19)31-26(28)35/h2-4,6-9,11-12,14-15,23-24H,5,10,13H2,1H3,(H,31,35)(H,32,36). The molecule has 7 rings (SSSR count). The minimum absolute atomic E-state index is 0.239. The van der Waals surface area contributed by atoms with Crippen molar-refractivity contribution in [2.24, 2.45) is 5.92 Å². The number of benzene rings is 3. The monoisotopic (exact) mass is 497 g/mol. The molecule has 186 valence electrons. The number of carbonyl (C=O) groups is 3. The number of nitrogens with one attached hydrogen (secondary N) is 2. The van der Waals surface area contributed by atoms with Crippen LogP contribution in [0.4, 0.5) is 15.8 Å². The highest BCUT2D eigenvalue weighted by Gasteiger charge is 2.81. The van der Waals surface area contributed by atoms with Gasteiger partial charge < -0.3 is 15.4 Å². The average molecular weight is 498 g/mol. The van der Waals surface area contributed by atoms with Gasteiger partial charge in [-0.3, -0.25) is 19.3 Å². The molecular weight excluding hydrogens is 473 g/mol. The highest BCUT2D eigenvalue weighted by molar-refractivity contribution is 6.21. The highest BCUT2D eigenvalue weighted by Crippen LogP contribution is 2.67. The van der Waals surface area contributed by atoms with Crippen LogP contribution in [0.1, 0.15) is 34.3 Å². The summed E-state index contributed by atoms with van der Waals surface area (Å²) in [6, 6.07) is 17.9. The predicted octanol–water partition coefficient (Wildman–Crippen LogP) is 3.85. The molecular formula is C29H24FN3O4. The number of ether oxygens (including phenoxy) is 1. The second-order valence-electron chi connectivity index (χ2n) is 10.1. The summed E-state index contributed by atoms with van der Waals surface area (Å²) < 4.78 is 20.2. The lowest BCUT2D eigenvalue weighted by Gasteiger charge is -2.43. The molecule has 0 aliphatic carbocycles. The first-order chi connectivity index (χ1) is 17.9. The molecule has 0 saturated carbocycles. The number of carbonyl (C=O) groups excluding carboxylic acids is 3. The SMILES string of the molecule is COc1cccc(C(=O)C2C3CCCN3C3(C(=O)Nc4ccc(F)cc43)C23C(=O)Nc2ccccc23)c1. The molecule has 4 aliphatic rings. The van der Waals surface area contributed by atoms with Crippen molar-refractivity contribution in [2.45, 2.75) is 29.8 Å². The number of hydrogen-bond acceptors (Lipinski definition) is 5. The highest BCUT2D eigenvalue weighted by atomic mass is 19.1. The van der Waals surface area contributed by atoms with Gasteiger partial charge in [0, 0.05) is 28.5 Å². The molecule has 2 N–H and O–H groups in total. The van der Waals surface area contributed by atoms with Gasteiger partial charge >= 0.3 is 0 Å². The Balaban J connectivity index is 1.58. The maximum absolute atomic E-state index is 14.8. The summed E-state index contributed by atoms with van der Waals surface area (Å²) in [6.07, 6.45) is 1.39. The molecule has 4 unspecified atom stereocenters. The Morgan fingerprint density at radius 3 is 2.59 bits per heavy atom. The van der Waals surface area contributed by atoms with Crippen LogP contribution in [0.2, 0.25) is 0 Å². The zero-order valence-electron chi connectivity index (χ0n) is 20.1. The van der Waals surface area contributed by atoms with E-state index in [2.05, 4.69) is 10.6 Å². The molecule has 2 amide bonds. The van der Waals surface area contributed by atoms with Crippen LogP contribution in [-0.2, 0) is 20.5 Å². The zero-order chi connectivity index (χ0) is 25.5. The Morgan fingerprint density at radius 1 is 0.973 bits per heavy atom. The molecule has 3 aromatic rings. The number of methoxy groups -OCH3 is 1. The summed E-state index contributed by atoms with van der Waals surface area (Å²) in [6.45, 7) is 0.507. The van der Waals surface area contributed by atoms with Crippen LogP contribution in [0, 0.1) is 11.7 Å². The van der Waals surface area contributed by atoms with Crippen molar-refractivity contribution >= 4 is 29.0 Å². The molecule has 2 fully saturated rings. The first-order valence-electron chi connectivity index (χ1n) is 12.4. The quantitative estimate of drug-likeness (QED) is 0.537. The van der Waals surface area contributed by atoms with Crippen molar-refractivity contribution in [2.75, 3.05) is 24.3 Å². The molecule has 7 nitrogen and oxygen atoms in total. The fourth-order valence-corrected chi connectivity index (χ4v) is 7.51. The summed E-state index contributed by atoms with van der Waals surface area (Å²) in [5, 5.41) is 5.91. The van der Waals surface area contributed by atoms with Gasteiger partial charge in [-0.05, 0) is 61.3 Å². The lowest BCUT2D eigenvalue weighted by Crippen LogP contribution is -2.62. The zero-order valence-corrected chi connectivity index (χ0v) is 20.1. The van der Waals surface area contributed by atoms with Crippen molar-refractivity contribution in [1.29, 1.82) is 0 Å². The van der Waals surface area contributed by atoms with Gasteiger partial charge in [-0.15, -0.1) is 0 Å². The second-order valence-corrected chi connectivity index (χ2v) is 10.1. The van der Waals surface area contributed by atoms with E-state index in [1.165, 1.54) is 25.3 Å². The number of hydrogen-bond donors (Lipinski definition) is 2.